The van der Waals surface area contributed by atoms with E-state index >= 15 is 0 Å². The molecule has 1 aromatic heterocycles. The lowest BCUT2D eigenvalue weighted by Gasteiger charge is -2.27. The number of benzene rings is 2. The second-order valence-corrected chi connectivity index (χ2v) is 9.56. The maximum Gasteiger partial charge on any atom is 0.230 e. The van der Waals surface area contributed by atoms with Gasteiger partial charge in [0.2, 0.25) is 17.7 Å². The van der Waals surface area contributed by atoms with Gasteiger partial charge in [0, 0.05) is 34.3 Å². The third kappa shape index (κ3) is 4.98. The zero-order chi connectivity index (χ0) is 23.5. The van der Waals surface area contributed by atoms with Gasteiger partial charge in [-0.25, -0.2) is 0 Å². The lowest BCUT2D eigenvalue weighted by Crippen LogP contribution is -2.32. The van der Waals surface area contributed by atoms with E-state index in [-0.39, 0.29) is 36.1 Å². The van der Waals surface area contributed by atoms with E-state index in [1.165, 1.54) is 0 Å². The van der Waals surface area contributed by atoms with Gasteiger partial charge in [0.05, 0.1) is 12.0 Å². The molecule has 0 radical (unpaired) electrons. The molecule has 0 bridgehead atoms. The Kier molecular flexibility index (Phi) is 6.60. The van der Waals surface area contributed by atoms with E-state index in [4.69, 9.17) is 0 Å². The quantitative estimate of drug-likeness (QED) is 0.517. The van der Waals surface area contributed by atoms with Crippen LogP contribution in [0.5, 0.6) is 0 Å². The second kappa shape index (κ2) is 9.58. The van der Waals surface area contributed by atoms with Gasteiger partial charge in [-0.1, -0.05) is 37.6 Å². The highest BCUT2D eigenvalue weighted by atomic mass is 32.1. The van der Waals surface area contributed by atoms with Crippen molar-refractivity contribution in [2.24, 2.45) is 11.8 Å². The molecular formula is C26H27N3O3S. The number of amides is 3. The summed E-state index contributed by atoms with van der Waals surface area (Å²) in [5.74, 6) is -0.960. The highest BCUT2D eigenvalue weighted by molar-refractivity contribution is 7.10. The summed E-state index contributed by atoms with van der Waals surface area (Å²) >= 11 is 1.55. The summed E-state index contributed by atoms with van der Waals surface area (Å²) in [5.41, 5.74) is 3.20. The average Bonchev–Trinajstić information content (AvgIpc) is 3.43. The first kappa shape index (κ1) is 22.7. The molecule has 1 aliphatic rings. The van der Waals surface area contributed by atoms with Crippen molar-refractivity contribution in [2.75, 3.05) is 15.5 Å². The number of thiophene rings is 1. The highest BCUT2D eigenvalue weighted by Gasteiger charge is 2.45. The van der Waals surface area contributed by atoms with Crippen LogP contribution in [-0.4, -0.2) is 17.7 Å². The number of carbonyl (C=O) groups excluding carboxylic acids is 3. The summed E-state index contributed by atoms with van der Waals surface area (Å²) in [6.07, 6.45) is 0.144. The lowest BCUT2D eigenvalue weighted by molar-refractivity contribution is -0.122. The molecule has 2 N–H and O–H groups in total. The van der Waals surface area contributed by atoms with Crippen LogP contribution in [0, 0.1) is 18.8 Å². The number of aryl methyl sites for hydroxylation is 1. The third-order valence-corrected chi connectivity index (χ3v) is 6.69. The minimum atomic E-state index is -0.516. The molecule has 0 aliphatic carbocycles. The Hall–Kier alpha value is -3.45. The number of hydrogen-bond acceptors (Lipinski definition) is 4. The highest BCUT2D eigenvalue weighted by Crippen LogP contribution is 2.43. The summed E-state index contributed by atoms with van der Waals surface area (Å²) in [6, 6.07) is 18.4. The van der Waals surface area contributed by atoms with Crippen molar-refractivity contribution in [1.29, 1.82) is 0 Å². The van der Waals surface area contributed by atoms with Gasteiger partial charge >= 0.3 is 0 Å². The molecular weight excluding hydrogens is 434 g/mol. The third-order valence-electron chi connectivity index (χ3n) is 5.75. The van der Waals surface area contributed by atoms with E-state index in [0.717, 1.165) is 16.1 Å². The Morgan fingerprint density at radius 2 is 1.61 bits per heavy atom. The first-order chi connectivity index (χ1) is 15.8. The summed E-state index contributed by atoms with van der Waals surface area (Å²) in [5, 5.41) is 7.75. The van der Waals surface area contributed by atoms with E-state index in [2.05, 4.69) is 10.6 Å². The van der Waals surface area contributed by atoms with Crippen molar-refractivity contribution < 1.29 is 14.4 Å². The molecule has 1 saturated heterocycles. The standard InChI is InChI=1S/C26H27N3O3S/c1-16(2)25(31)27-18-8-10-19(11-9-18)28-26(32)21-15-23(30)29(20-12-6-17(3)7-13-20)24(21)22-5-4-14-33-22/h4-14,16,21,24H,15H2,1-3H3,(H,27,31)(H,28,32). The van der Waals surface area contributed by atoms with Gasteiger partial charge in [0.25, 0.3) is 0 Å². The summed E-state index contributed by atoms with van der Waals surface area (Å²) in [7, 11) is 0. The van der Waals surface area contributed by atoms with E-state index < -0.39 is 5.92 Å². The molecule has 2 unspecified atom stereocenters. The molecule has 1 fully saturated rings. The zero-order valence-corrected chi connectivity index (χ0v) is 19.7. The van der Waals surface area contributed by atoms with Crippen LogP contribution in [-0.2, 0) is 14.4 Å². The van der Waals surface area contributed by atoms with Crippen LogP contribution in [0.4, 0.5) is 17.1 Å². The van der Waals surface area contributed by atoms with Crippen molar-refractivity contribution >= 4 is 46.1 Å². The predicted molar refractivity (Wildman–Crippen MR) is 132 cm³/mol. The van der Waals surface area contributed by atoms with E-state index in [1.807, 2.05) is 62.5 Å². The van der Waals surface area contributed by atoms with Crippen molar-refractivity contribution in [2.45, 2.75) is 33.2 Å². The van der Waals surface area contributed by atoms with Gasteiger partial charge in [0.1, 0.15) is 0 Å². The number of nitrogens with one attached hydrogen (secondary N) is 2. The molecule has 2 aromatic carbocycles. The van der Waals surface area contributed by atoms with Gasteiger partial charge < -0.3 is 15.5 Å². The first-order valence-electron chi connectivity index (χ1n) is 11.0. The Morgan fingerprint density at radius 1 is 0.970 bits per heavy atom. The predicted octanol–water partition coefficient (Wildman–Crippen LogP) is 5.38. The molecule has 0 saturated carbocycles. The molecule has 170 valence electrons. The number of carbonyl (C=O) groups is 3. The molecule has 1 aliphatic heterocycles. The first-order valence-corrected chi connectivity index (χ1v) is 11.9. The molecule has 3 aromatic rings. The lowest BCUT2D eigenvalue weighted by atomic mass is 9.97. The SMILES string of the molecule is Cc1ccc(N2C(=O)CC(C(=O)Nc3ccc(NC(=O)C(C)C)cc3)C2c2cccs2)cc1. The smallest absolute Gasteiger partial charge is 0.230 e. The van der Waals surface area contributed by atoms with Crippen LogP contribution >= 0.6 is 11.3 Å². The summed E-state index contributed by atoms with van der Waals surface area (Å²) in [4.78, 5) is 40.9. The zero-order valence-electron chi connectivity index (χ0n) is 18.9. The van der Waals surface area contributed by atoms with Crippen molar-refractivity contribution in [1.82, 2.24) is 0 Å². The number of anilines is 3. The van der Waals surface area contributed by atoms with Crippen LogP contribution in [0.1, 0.15) is 36.8 Å². The Labute approximate surface area is 197 Å². The molecule has 0 spiro atoms. The van der Waals surface area contributed by atoms with Crippen molar-refractivity contribution in [3.05, 3.63) is 76.5 Å². The number of rotatable bonds is 6. The minimum Gasteiger partial charge on any atom is -0.326 e. The fraction of sp³-hybridized carbons (Fsp3) is 0.269. The summed E-state index contributed by atoms with van der Waals surface area (Å²) in [6.45, 7) is 5.66. The molecule has 2 atom stereocenters. The number of nitrogens with zero attached hydrogens (tertiary/aromatic N) is 1. The second-order valence-electron chi connectivity index (χ2n) is 8.58. The van der Waals surface area contributed by atoms with E-state index in [0.29, 0.717) is 11.4 Å². The van der Waals surface area contributed by atoms with Crippen LogP contribution in [0.2, 0.25) is 0 Å². The minimum absolute atomic E-state index is 0.0637. The van der Waals surface area contributed by atoms with Crippen LogP contribution < -0.4 is 15.5 Å². The van der Waals surface area contributed by atoms with Gasteiger partial charge in [-0.3, -0.25) is 14.4 Å². The Morgan fingerprint density at radius 3 is 2.18 bits per heavy atom. The molecule has 7 heteroatoms. The monoisotopic (exact) mass is 461 g/mol. The van der Waals surface area contributed by atoms with Gasteiger partial charge in [-0.15, -0.1) is 11.3 Å². The molecule has 6 nitrogen and oxygen atoms in total. The Bertz CT molecular complexity index is 1140. The Balaban J connectivity index is 1.54. The van der Waals surface area contributed by atoms with Gasteiger partial charge in [0.15, 0.2) is 0 Å². The number of hydrogen-bond donors (Lipinski definition) is 2. The van der Waals surface area contributed by atoms with Crippen LogP contribution in [0.25, 0.3) is 0 Å². The maximum atomic E-state index is 13.3. The average molecular weight is 462 g/mol. The fourth-order valence-electron chi connectivity index (χ4n) is 3.92. The van der Waals surface area contributed by atoms with Gasteiger partial charge in [-0.05, 0) is 54.8 Å². The molecule has 33 heavy (non-hydrogen) atoms. The van der Waals surface area contributed by atoms with Gasteiger partial charge in [-0.2, -0.15) is 0 Å². The van der Waals surface area contributed by atoms with Crippen molar-refractivity contribution in [3.63, 3.8) is 0 Å². The van der Waals surface area contributed by atoms with Crippen LogP contribution in [0.15, 0.2) is 66.0 Å². The molecule has 2 heterocycles. The van der Waals surface area contributed by atoms with E-state index in [1.54, 1.807) is 40.5 Å². The molecule has 4 rings (SSSR count). The fourth-order valence-corrected chi connectivity index (χ4v) is 4.80. The maximum absolute atomic E-state index is 13.3. The topological polar surface area (TPSA) is 78.5 Å². The van der Waals surface area contributed by atoms with Crippen LogP contribution in [0.3, 0.4) is 0 Å². The van der Waals surface area contributed by atoms with Crippen molar-refractivity contribution in [3.8, 4) is 0 Å². The molecule has 3 amide bonds. The van der Waals surface area contributed by atoms with E-state index in [9.17, 15) is 14.4 Å². The normalized spacial score (nSPS) is 17.9. The largest absolute Gasteiger partial charge is 0.326 e. The summed E-state index contributed by atoms with van der Waals surface area (Å²) < 4.78 is 0.